The average Bonchev–Trinajstić information content (AvgIpc) is 2.78. The highest BCUT2D eigenvalue weighted by Crippen LogP contribution is 2.48. The Hall–Kier alpha value is -1.12. The van der Waals surface area contributed by atoms with Crippen LogP contribution in [-0.2, 0) is 4.79 Å². The van der Waals surface area contributed by atoms with Gasteiger partial charge in [-0.25, -0.2) is 0 Å². The van der Waals surface area contributed by atoms with Crippen molar-refractivity contribution in [1.82, 2.24) is 4.90 Å². The van der Waals surface area contributed by atoms with Crippen LogP contribution in [0.15, 0.2) is 0 Å². The molecule has 5 heteroatoms. The fraction of sp³-hybridized carbons (Fsp3) is 0.895. The lowest BCUT2D eigenvalue weighted by Crippen LogP contribution is -2.55. The minimum Gasteiger partial charge on any atom is -0.390 e. The summed E-state index contributed by atoms with van der Waals surface area (Å²) in [6.07, 6.45) is 5.07. The highest BCUT2D eigenvalue weighted by atomic mass is 16.3. The molecule has 134 valence electrons. The fourth-order valence-electron chi connectivity index (χ4n) is 5.69. The molecular weight excluding hydrogens is 302 g/mol. The molecule has 0 aromatic carbocycles. The third-order valence-electron chi connectivity index (χ3n) is 6.80. The number of amides is 1. The van der Waals surface area contributed by atoms with Crippen molar-refractivity contribution in [2.45, 2.75) is 83.0 Å². The molecule has 3 rings (SSSR count). The first-order valence-electron chi connectivity index (χ1n) is 9.44. The first-order valence-corrected chi connectivity index (χ1v) is 9.44. The van der Waals surface area contributed by atoms with Gasteiger partial charge in [-0.2, -0.15) is 5.26 Å². The number of rotatable bonds is 2. The first kappa shape index (κ1) is 17.7. The molecule has 1 heterocycles. The van der Waals surface area contributed by atoms with Crippen molar-refractivity contribution in [2.75, 3.05) is 0 Å². The summed E-state index contributed by atoms with van der Waals surface area (Å²) >= 11 is 0. The number of likely N-dealkylation sites (tertiary alicyclic amines) is 1. The van der Waals surface area contributed by atoms with Gasteiger partial charge in [0.25, 0.3) is 0 Å². The van der Waals surface area contributed by atoms with Crippen LogP contribution in [0.25, 0.3) is 0 Å². The zero-order valence-corrected chi connectivity index (χ0v) is 15.1. The lowest BCUT2D eigenvalue weighted by Gasteiger charge is -2.48. The number of nitrogens with zero attached hydrogens (tertiary/aromatic N) is 2. The molecule has 1 amide bonds. The van der Waals surface area contributed by atoms with Crippen molar-refractivity contribution in [3.8, 4) is 6.07 Å². The van der Waals surface area contributed by atoms with E-state index in [0.29, 0.717) is 24.2 Å². The summed E-state index contributed by atoms with van der Waals surface area (Å²) in [5, 5.41) is 20.3. The highest BCUT2D eigenvalue weighted by molar-refractivity contribution is 5.83. The minimum absolute atomic E-state index is 0.0243. The van der Waals surface area contributed by atoms with E-state index in [1.165, 1.54) is 0 Å². The monoisotopic (exact) mass is 333 g/mol. The number of carbonyl (C=O) groups excluding carboxylic acids is 1. The van der Waals surface area contributed by atoms with Gasteiger partial charge in [0.1, 0.15) is 6.04 Å². The Morgan fingerprint density at radius 1 is 1.25 bits per heavy atom. The van der Waals surface area contributed by atoms with Crippen LogP contribution in [0.1, 0.15) is 59.3 Å². The van der Waals surface area contributed by atoms with Crippen LogP contribution in [0.4, 0.5) is 0 Å². The Morgan fingerprint density at radius 3 is 2.58 bits per heavy atom. The van der Waals surface area contributed by atoms with Gasteiger partial charge in [-0.15, -0.1) is 0 Å². The summed E-state index contributed by atoms with van der Waals surface area (Å²) in [4.78, 5) is 14.7. The van der Waals surface area contributed by atoms with E-state index in [9.17, 15) is 15.2 Å². The van der Waals surface area contributed by atoms with Gasteiger partial charge in [-0.1, -0.05) is 13.8 Å². The lowest BCUT2D eigenvalue weighted by atomic mass is 9.61. The molecule has 1 saturated heterocycles. The van der Waals surface area contributed by atoms with E-state index in [1.54, 1.807) is 4.90 Å². The normalized spacial score (nSPS) is 46.4. The second-order valence-corrected chi connectivity index (χ2v) is 8.91. The molecule has 1 aliphatic heterocycles. The molecule has 24 heavy (non-hydrogen) atoms. The summed E-state index contributed by atoms with van der Waals surface area (Å²) in [7, 11) is 0. The van der Waals surface area contributed by atoms with Gasteiger partial charge in [0.2, 0.25) is 5.91 Å². The summed E-state index contributed by atoms with van der Waals surface area (Å²) in [5.74, 6) is 1.26. The number of carbonyl (C=O) groups is 1. The summed E-state index contributed by atoms with van der Waals surface area (Å²) < 4.78 is 0. The number of aliphatic hydroxyl groups is 1. The first-order chi connectivity index (χ1) is 11.2. The van der Waals surface area contributed by atoms with Crippen LogP contribution < -0.4 is 5.73 Å². The van der Waals surface area contributed by atoms with E-state index in [4.69, 9.17) is 5.73 Å². The van der Waals surface area contributed by atoms with E-state index in [-0.39, 0.29) is 23.9 Å². The van der Waals surface area contributed by atoms with Crippen LogP contribution >= 0.6 is 0 Å². The number of fused-ring (bicyclic) bond motifs is 2. The average molecular weight is 333 g/mol. The second kappa shape index (κ2) is 6.31. The summed E-state index contributed by atoms with van der Waals surface area (Å²) in [6.45, 7) is 6.30. The number of hydrogen-bond acceptors (Lipinski definition) is 4. The van der Waals surface area contributed by atoms with E-state index < -0.39 is 11.6 Å². The molecule has 3 aliphatic rings. The van der Waals surface area contributed by atoms with Crippen molar-refractivity contribution >= 4 is 5.91 Å². The van der Waals surface area contributed by atoms with Gasteiger partial charge in [0.05, 0.1) is 17.7 Å². The zero-order chi connectivity index (χ0) is 17.6. The van der Waals surface area contributed by atoms with Gasteiger partial charge >= 0.3 is 0 Å². The molecule has 0 radical (unpaired) electrons. The van der Waals surface area contributed by atoms with Gasteiger partial charge in [-0.3, -0.25) is 4.79 Å². The maximum absolute atomic E-state index is 13.0. The predicted molar refractivity (Wildman–Crippen MR) is 91.6 cm³/mol. The Bertz CT molecular complexity index is 541. The third-order valence-corrected chi connectivity index (χ3v) is 6.80. The maximum Gasteiger partial charge on any atom is 0.241 e. The highest BCUT2D eigenvalue weighted by Gasteiger charge is 2.48. The number of hydrogen-bond donors (Lipinski definition) is 2. The molecule has 8 atom stereocenters. The van der Waals surface area contributed by atoms with Gasteiger partial charge in [0.15, 0.2) is 0 Å². The third kappa shape index (κ3) is 3.07. The Balaban J connectivity index is 1.73. The topological polar surface area (TPSA) is 90.4 Å². The fourth-order valence-corrected chi connectivity index (χ4v) is 5.69. The number of nitriles is 1. The Labute approximate surface area is 145 Å². The summed E-state index contributed by atoms with van der Waals surface area (Å²) in [6, 6.07) is 1.36. The van der Waals surface area contributed by atoms with Crippen LogP contribution in [0.2, 0.25) is 0 Å². The Kier molecular flexibility index (Phi) is 4.65. The van der Waals surface area contributed by atoms with E-state index in [1.807, 2.05) is 6.92 Å². The van der Waals surface area contributed by atoms with Crippen LogP contribution in [-0.4, -0.2) is 39.6 Å². The lowest BCUT2D eigenvalue weighted by molar-refractivity contribution is -0.139. The standard InChI is InChI=1S/C19H31N3O2/c1-11-4-14-6-15(9-19(24,7-11)8-14)17(21)18(23)22-13(3)12(2)5-16(22)10-20/h11-17,24H,4-9,21H2,1-3H3/t11?,12-,13?,14?,15?,16?,17?,19?/m0/s1. The van der Waals surface area contributed by atoms with E-state index in [0.717, 1.165) is 32.1 Å². The van der Waals surface area contributed by atoms with Crippen LogP contribution in [0, 0.1) is 35.0 Å². The van der Waals surface area contributed by atoms with Crippen molar-refractivity contribution in [1.29, 1.82) is 5.26 Å². The predicted octanol–water partition coefficient (Wildman–Crippen LogP) is 2.04. The molecule has 3 fully saturated rings. The molecule has 0 aromatic heterocycles. The SMILES string of the molecule is CC1CC2CC(C(N)C(=O)N3C(C#N)C[C@H](C)C3C)CC(O)(C1)C2. The van der Waals surface area contributed by atoms with E-state index >= 15 is 0 Å². The van der Waals surface area contributed by atoms with Gasteiger partial charge < -0.3 is 15.7 Å². The van der Waals surface area contributed by atoms with E-state index in [2.05, 4.69) is 19.9 Å². The molecule has 7 unspecified atom stereocenters. The molecule has 5 nitrogen and oxygen atoms in total. The van der Waals surface area contributed by atoms with Gasteiger partial charge in [0, 0.05) is 6.04 Å². The van der Waals surface area contributed by atoms with Crippen molar-refractivity contribution in [3.63, 3.8) is 0 Å². The quantitative estimate of drug-likeness (QED) is 0.809. The Morgan fingerprint density at radius 2 is 1.96 bits per heavy atom. The smallest absolute Gasteiger partial charge is 0.241 e. The van der Waals surface area contributed by atoms with Gasteiger partial charge in [-0.05, 0) is 69.1 Å². The largest absolute Gasteiger partial charge is 0.390 e. The molecule has 0 aromatic rings. The van der Waals surface area contributed by atoms with Crippen molar-refractivity contribution < 1.29 is 9.90 Å². The maximum atomic E-state index is 13.0. The molecule has 2 bridgehead atoms. The number of nitrogens with two attached hydrogens (primary N) is 1. The summed E-state index contributed by atoms with van der Waals surface area (Å²) in [5.41, 5.74) is 5.73. The van der Waals surface area contributed by atoms with Crippen LogP contribution in [0.5, 0.6) is 0 Å². The minimum atomic E-state index is -0.651. The zero-order valence-electron chi connectivity index (χ0n) is 15.1. The molecular formula is C19H31N3O2. The molecule has 2 aliphatic carbocycles. The molecule has 0 spiro atoms. The molecule has 3 N–H and O–H groups in total. The van der Waals surface area contributed by atoms with Crippen molar-refractivity contribution in [3.05, 3.63) is 0 Å². The second-order valence-electron chi connectivity index (χ2n) is 8.91. The van der Waals surface area contributed by atoms with Crippen LogP contribution in [0.3, 0.4) is 0 Å². The molecule has 2 saturated carbocycles. The van der Waals surface area contributed by atoms with Crippen molar-refractivity contribution in [2.24, 2.45) is 29.4 Å².